The molecule has 2 rings (SSSR count). The summed E-state index contributed by atoms with van der Waals surface area (Å²) in [4.78, 5) is 23.9. The van der Waals surface area contributed by atoms with Gasteiger partial charge >= 0.3 is 11.9 Å². The van der Waals surface area contributed by atoms with Gasteiger partial charge < -0.3 is 29.9 Å². The van der Waals surface area contributed by atoms with Crippen molar-refractivity contribution < 1.29 is 39.5 Å². The SMILES string of the molecule is COC(=O)c1c(C)cc(OC(=O)c2c(C)cc(O)c(O)c2O)cc1O. The highest BCUT2D eigenvalue weighted by Gasteiger charge is 2.23. The van der Waals surface area contributed by atoms with E-state index in [1.165, 1.54) is 19.9 Å². The van der Waals surface area contributed by atoms with Crippen molar-refractivity contribution >= 4 is 11.9 Å². The van der Waals surface area contributed by atoms with E-state index in [0.717, 1.165) is 19.2 Å². The largest absolute Gasteiger partial charge is 0.507 e. The molecule has 0 aromatic heterocycles. The minimum absolute atomic E-state index is 0.0661. The second kappa shape index (κ2) is 6.60. The van der Waals surface area contributed by atoms with Gasteiger partial charge in [0.1, 0.15) is 22.6 Å². The molecule has 0 atom stereocenters. The standard InChI is InChI=1S/C17H16O8/c1-7-4-9(6-10(18)12(7)16(22)24-3)25-17(23)13-8(2)5-11(19)14(20)15(13)21/h4-6,18-21H,1-3H3. The topological polar surface area (TPSA) is 134 Å². The second-order valence-electron chi connectivity index (χ2n) is 5.30. The van der Waals surface area contributed by atoms with Crippen LogP contribution in [0.2, 0.25) is 0 Å². The van der Waals surface area contributed by atoms with E-state index in [9.17, 15) is 30.0 Å². The molecule has 8 heteroatoms. The molecule has 25 heavy (non-hydrogen) atoms. The van der Waals surface area contributed by atoms with Crippen LogP contribution in [0.3, 0.4) is 0 Å². The summed E-state index contributed by atoms with van der Waals surface area (Å²) in [7, 11) is 1.16. The lowest BCUT2D eigenvalue weighted by molar-refractivity contribution is 0.0596. The zero-order valence-electron chi connectivity index (χ0n) is 13.7. The van der Waals surface area contributed by atoms with E-state index in [-0.39, 0.29) is 22.4 Å². The Hall–Kier alpha value is -3.42. The van der Waals surface area contributed by atoms with E-state index in [1.54, 1.807) is 0 Å². The van der Waals surface area contributed by atoms with Gasteiger partial charge in [0, 0.05) is 6.07 Å². The van der Waals surface area contributed by atoms with Crippen LogP contribution in [0.1, 0.15) is 31.8 Å². The van der Waals surface area contributed by atoms with Crippen molar-refractivity contribution in [3.8, 4) is 28.7 Å². The molecule has 2 aromatic carbocycles. The number of hydrogen-bond donors (Lipinski definition) is 4. The van der Waals surface area contributed by atoms with Crippen LogP contribution in [-0.2, 0) is 4.74 Å². The molecular formula is C17H16O8. The third kappa shape index (κ3) is 3.27. The van der Waals surface area contributed by atoms with Crippen molar-refractivity contribution in [2.45, 2.75) is 13.8 Å². The normalized spacial score (nSPS) is 10.4. The van der Waals surface area contributed by atoms with Crippen LogP contribution in [-0.4, -0.2) is 39.5 Å². The highest BCUT2D eigenvalue weighted by molar-refractivity contribution is 5.97. The Kier molecular flexibility index (Phi) is 4.73. The molecule has 0 spiro atoms. The van der Waals surface area contributed by atoms with Gasteiger partial charge in [-0.25, -0.2) is 9.59 Å². The highest BCUT2D eigenvalue weighted by Crippen LogP contribution is 2.40. The molecule has 8 nitrogen and oxygen atoms in total. The number of aromatic hydroxyl groups is 4. The van der Waals surface area contributed by atoms with Crippen molar-refractivity contribution in [2.75, 3.05) is 7.11 Å². The van der Waals surface area contributed by atoms with Crippen LogP contribution < -0.4 is 4.74 Å². The highest BCUT2D eigenvalue weighted by atomic mass is 16.5. The molecule has 0 heterocycles. The van der Waals surface area contributed by atoms with Gasteiger partial charge in [-0.2, -0.15) is 0 Å². The fourth-order valence-corrected chi connectivity index (χ4v) is 2.35. The van der Waals surface area contributed by atoms with Crippen molar-refractivity contribution in [3.63, 3.8) is 0 Å². The van der Waals surface area contributed by atoms with Gasteiger partial charge in [-0.1, -0.05) is 0 Å². The Morgan fingerprint density at radius 2 is 1.40 bits per heavy atom. The number of hydrogen-bond acceptors (Lipinski definition) is 8. The molecule has 2 aromatic rings. The molecule has 0 radical (unpaired) electrons. The van der Waals surface area contributed by atoms with Crippen molar-refractivity contribution in [1.29, 1.82) is 0 Å². The maximum Gasteiger partial charge on any atom is 0.347 e. The first-order chi connectivity index (χ1) is 11.7. The molecule has 0 saturated heterocycles. The van der Waals surface area contributed by atoms with Crippen molar-refractivity contribution in [3.05, 3.63) is 40.5 Å². The van der Waals surface area contributed by atoms with Gasteiger partial charge in [0.05, 0.1) is 7.11 Å². The Bertz CT molecular complexity index is 846. The third-order valence-electron chi connectivity index (χ3n) is 3.54. The van der Waals surface area contributed by atoms with Crippen LogP contribution >= 0.6 is 0 Å². The third-order valence-corrected chi connectivity index (χ3v) is 3.54. The Balaban J connectivity index is 2.40. The number of ether oxygens (including phenoxy) is 2. The number of carbonyl (C=O) groups is 2. The van der Waals surface area contributed by atoms with Crippen molar-refractivity contribution in [1.82, 2.24) is 0 Å². The number of carbonyl (C=O) groups excluding carboxylic acids is 2. The quantitative estimate of drug-likeness (QED) is 0.376. The summed E-state index contributed by atoms with van der Waals surface area (Å²) >= 11 is 0. The van der Waals surface area contributed by atoms with Crippen molar-refractivity contribution in [2.24, 2.45) is 0 Å². The van der Waals surface area contributed by atoms with E-state index in [0.29, 0.717) is 5.56 Å². The monoisotopic (exact) mass is 348 g/mol. The molecular weight excluding hydrogens is 332 g/mol. The summed E-state index contributed by atoms with van der Waals surface area (Å²) in [6.45, 7) is 2.94. The molecule has 0 aliphatic heterocycles. The summed E-state index contributed by atoms with van der Waals surface area (Å²) in [5.41, 5.74) is 0.0714. The summed E-state index contributed by atoms with van der Waals surface area (Å²) < 4.78 is 9.64. The summed E-state index contributed by atoms with van der Waals surface area (Å²) in [6.07, 6.45) is 0. The molecule has 4 N–H and O–H groups in total. The van der Waals surface area contributed by atoms with E-state index >= 15 is 0 Å². The minimum atomic E-state index is -1.02. The van der Waals surface area contributed by atoms with Crippen LogP contribution in [0.4, 0.5) is 0 Å². The average molecular weight is 348 g/mol. The van der Waals surface area contributed by atoms with Gasteiger partial charge in [0.15, 0.2) is 11.5 Å². The first-order valence-corrected chi connectivity index (χ1v) is 7.06. The number of esters is 2. The second-order valence-corrected chi connectivity index (χ2v) is 5.30. The average Bonchev–Trinajstić information content (AvgIpc) is 2.51. The predicted octanol–water partition coefficient (Wildman–Crippen LogP) is 2.13. The zero-order chi connectivity index (χ0) is 18.9. The molecule has 0 bridgehead atoms. The predicted molar refractivity (Wildman–Crippen MR) is 85.3 cm³/mol. The molecule has 0 aliphatic rings. The molecule has 0 saturated carbocycles. The van der Waals surface area contributed by atoms with Gasteiger partial charge in [-0.05, 0) is 37.1 Å². The molecule has 0 aliphatic carbocycles. The van der Waals surface area contributed by atoms with E-state index in [2.05, 4.69) is 4.74 Å². The molecule has 0 fully saturated rings. The lowest BCUT2D eigenvalue weighted by atomic mass is 10.1. The first kappa shape index (κ1) is 17.9. The number of methoxy groups -OCH3 is 1. The van der Waals surface area contributed by atoms with E-state index in [4.69, 9.17) is 4.74 Å². The fourth-order valence-electron chi connectivity index (χ4n) is 2.35. The maximum atomic E-state index is 12.3. The van der Waals surface area contributed by atoms with Gasteiger partial charge in [0.2, 0.25) is 5.75 Å². The summed E-state index contributed by atoms with van der Waals surface area (Å²) in [6, 6.07) is 3.47. The molecule has 0 unspecified atom stereocenters. The Labute approximate surface area is 142 Å². The first-order valence-electron chi connectivity index (χ1n) is 7.06. The molecule has 0 amide bonds. The van der Waals surface area contributed by atoms with Gasteiger partial charge in [-0.15, -0.1) is 0 Å². The van der Waals surface area contributed by atoms with Gasteiger partial charge in [-0.3, -0.25) is 0 Å². The van der Waals surface area contributed by atoms with E-state index in [1.807, 2.05) is 0 Å². The van der Waals surface area contributed by atoms with E-state index < -0.39 is 34.9 Å². The zero-order valence-corrected chi connectivity index (χ0v) is 13.7. The van der Waals surface area contributed by atoms with Crippen LogP contribution in [0.5, 0.6) is 28.7 Å². The van der Waals surface area contributed by atoms with Crippen LogP contribution in [0, 0.1) is 13.8 Å². The van der Waals surface area contributed by atoms with Gasteiger partial charge in [0.25, 0.3) is 0 Å². The Morgan fingerprint density at radius 1 is 0.800 bits per heavy atom. The van der Waals surface area contributed by atoms with Crippen LogP contribution in [0.25, 0.3) is 0 Å². The Morgan fingerprint density at radius 3 is 1.96 bits per heavy atom. The minimum Gasteiger partial charge on any atom is -0.507 e. The number of benzene rings is 2. The lowest BCUT2D eigenvalue weighted by Crippen LogP contribution is -2.12. The lowest BCUT2D eigenvalue weighted by Gasteiger charge is -2.13. The smallest absolute Gasteiger partial charge is 0.347 e. The van der Waals surface area contributed by atoms with Crippen LogP contribution in [0.15, 0.2) is 18.2 Å². The molecule has 132 valence electrons. The summed E-state index contributed by atoms with van der Waals surface area (Å²) in [5.74, 6) is -4.54. The number of aryl methyl sites for hydroxylation is 2. The number of phenolic OH excluding ortho intramolecular Hbond substituents is 4. The summed E-state index contributed by atoms with van der Waals surface area (Å²) in [5, 5.41) is 38.7. The fraction of sp³-hybridized carbons (Fsp3) is 0.176. The number of phenols is 4. The maximum absolute atomic E-state index is 12.3. The number of rotatable bonds is 3.